The maximum Gasteiger partial charge on any atom is 0.243 e. The summed E-state index contributed by atoms with van der Waals surface area (Å²) < 4.78 is 5.60. The van der Waals surface area contributed by atoms with Gasteiger partial charge in [0.05, 0.1) is 13.2 Å². The van der Waals surface area contributed by atoms with Crippen LogP contribution in [0.2, 0.25) is 0 Å². The molecule has 3 N–H and O–H groups in total. The molecule has 0 saturated heterocycles. The number of anilines is 3. The second-order valence-electron chi connectivity index (χ2n) is 7.39. The van der Waals surface area contributed by atoms with E-state index in [1.807, 2.05) is 54.6 Å². The minimum absolute atomic E-state index is 0.0417. The first kappa shape index (κ1) is 22.9. The van der Waals surface area contributed by atoms with Crippen molar-refractivity contribution >= 4 is 28.9 Å². The number of nitrogens with one attached hydrogen (secondary N) is 3. The van der Waals surface area contributed by atoms with Crippen LogP contribution in [-0.4, -0.2) is 25.0 Å². The molecule has 0 aliphatic heterocycles. The first-order chi connectivity index (χ1) is 15.6. The molecule has 0 aromatic heterocycles. The average molecular weight is 432 g/mol. The highest BCUT2D eigenvalue weighted by Crippen LogP contribution is 2.18. The maximum absolute atomic E-state index is 12.3. The molecule has 0 atom stereocenters. The molecular weight excluding hydrogens is 402 g/mol. The Hall–Kier alpha value is -3.80. The lowest BCUT2D eigenvalue weighted by atomic mass is 10.1. The van der Waals surface area contributed by atoms with Gasteiger partial charge in [-0.25, -0.2) is 0 Å². The maximum atomic E-state index is 12.3. The third-order valence-electron chi connectivity index (χ3n) is 4.70. The quantitative estimate of drug-likeness (QED) is 0.395. The molecule has 0 heterocycles. The van der Waals surface area contributed by atoms with Crippen LogP contribution in [0.15, 0.2) is 78.9 Å². The lowest BCUT2D eigenvalue weighted by Crippen LogP contribution is -2.21. The summed E-state index contributed by atoms with van der Waals surface area (Å²) in [6.07, 6.45) is 2.05. The van der Waals surface area contributed by atoms with Crippen molar-refractivity contribution in [2.45, 2.75) is 26.2 Å². The van der Waals surface area contributed by atoms with Crippen LogP contribution in [0.25, 0.3) is 0 Å². The van der Waals surface area contributed by atoms with Gasteiger partial charge < -0.3 is 20.7 Å². The number of ether oxygens (including phenoxy) is 1. The third kappa shape index (κ3) is 7.80. The van der Waals surface area contributed by atoms with Crippen molar-refractivity contribution in [3.63, 3.8) is 0 Å². The van der Waals surface area contributed by atoms with Gasteiger partial charge in [0, 0.05) is 29.5 Å². The molecule has 6 nitrogen and oxygen atoms in total. The number of amides is 2. The highest BCUT2D eigenvalue weighted by atomic mass is 16.5. The molecule has 0 spiro atoms. The van der Waals surface area contributed by atoms with E-state index < -0.39 is 0 Å². The van der Waals surface area contributed by atoms with Crippen LogP contribution >= 0.6 is 0 Å². The van der Waals surface area contributed by atoms with Gasteiger partial charge in [-0.3, -0.25) is 9.59 Å². The summed E-state index contributed by atoms with van der Waals surface area (Å²) in [5.74, 6) is 0.572. The van der Waals surface area contributed by atoms with Gasteiger partial charge in [0.2, 0.25) is 11.8 Å². The Balaban J connectivity index is 1.41. The number of hydrogen-bond acceptors (Lipinski definition) is 4. The molecule has 0 bridgehead atoms. The predicted octanol–water partition coefficient (Wildman–Crippen LogP) is 5.10. The van der Waals surface area contributed by atoms with Crippen molar-refractivity contribution in [1.29, 1.82) is 0 Å². The normalized spacial score (nSPS) is 10.3. The van der Waals surface area contributed by atoms with Crippen LogP contribution in [0, 0.1) is 0 Å². The van der Waals surface area contributed by atoms with Gasteiger partial charge >= 0.3 is 0 Å². The largest absolute Gasteiger partial charge is 0.494 e. The van der Waals surface area contributed by atoms with Crippen LogP contribution < -0.4 is 20.7 Å². The number of carbonyl (C=O) groups excluding carboxylic acids is 2. The molecule has 3 rings (SSSR count). The van der Waals surface area contributed by atoms with Crippen LogP contribution in [0.4, 0.5) is 17.1 Å². The number of carbonyl (C=O) groups is 2. The van der Waals surface area contributed by atoms with Gasteiger partial charge in [-0.1, -0.05) is 43.3 Å². The number of aryl methyl sites for hydroxylation is 1. The van der Waals surface area contributed by atoms with E-state index in [1.54, 1.807) is 24.3 Å². The predicted molar refractivity (Wildman–Crippen MR) is 129 cm³/mol. The van der Waals surface area contributed by atoms with Gasteiger partial charge in [0.15, 0.2) is 0 Å². The van der Waals surface area contributed by atoms with Gasteiger partial charge in [0.1, 0.15) is 5.75 Å². The van der Waals surface area contributed by atoms with E-state index in [-0.39, 0.29) is 18.4 Å². The summed E-state index contributed by atoms with van der Waals surface area (Å²) in [6.45, 7) is 2.85. The van der Waals surface area contributed by atoms with Crippen molar-refractivity contribution in [2.75, 3.05) is 29.1 Å². The Labute approximate surface area is 189 Å². The van der Waals surface area contributed by atoms with Crippen molar-refractivity contribution in [1.82, 2.24) is 0 Å². The first-order valence-electron chi connectivity index (χ1n) is 10.8. The minimum Gasteiger partial charge on any atom is -0.494 e. The van der Waals surface area contributed by atoms with Crippen LogP contribution in [-0.2, 0) is 16.0 Å². The van der Waals surface area contributed by atoms with Gasteiger partial charge in [-0.2, -0.15) is 0 Å². The Bertz CT molecular complexity index is 1000. The standard InChI is InChI=1S/C26H29N3O3/c1-2-17-32-24-10-6-9-23(18-24)27-19-26(31)29-22-14-12-21(13-15-22)28-25(30)16-11-20-7-4-3-5-8-20/h3-10,12-15,18,27H,2,11,16-17,19H2,1H3,(H,28,30)(H,29,31). The number of benzene rings is 3. The fourth-order valence-corrected chi connectivity index (χ4v) is 3.07. The van der Waals surface area contributed by atoms with Crippen LogP contribution in [0.5, 0.6) is 5.75 Å². The molecule has 0 aliphatic carbocycles. The molecule has 6 heteroatoms. The Morgan fingerprint density at radius 3 is 2.16 bits per heavy atom. The summed E-state index contributed by atoms with van der Waals surface area (Å²) in [7, 11) is 0. The summed E-state index contributed by atoms with van der Waals surface area (Å²) in [5.41, 5.74) is 3.32. The SMILES string of the molecule is CCCOc1cccc(NCC(=O)Nc2ccc(NC(=O)CCc3ccccc3)cc2)c1. The fraction of sp³-hybridized carbons (Fsp3) is 0.231. The molecule has 3 aromatic carbocycles. The highest BCUT2D eigenvalue weighted by molar-refractivity contribution is 5.94. The van der Waals surface area contributed by atoms with E-state index in [0.29, 0.717) is 30.8 Å². The van der Waals surface area contributed by atoms with Crippen molar-refractivity contribution in [2.24, 2.45) is 0 Å². The van der Waals surface area contributed by atoms with Gasteiger partial charge in [-0.05, 0) is 54.8 Å². The lowest BCUT2D eigenvalue weighted by Gasteiger charge is -2.11. The van der Waals surface area contributed by atoms with Gasteiger partial charge in [-0.15, -0.1) is 0 Å². The number of hydrogen-bond donors (Lipinski definition) is 3. The summed E-state index contributed by atoms with van der Waals surface area (Å²) in [5, 5.41) is 8.82. The van der Waals surface area contributed by atoms with E-state index in [2.05, 4.69) is 22.9 Å². The second kappa shape index (κ2) is 12.2. The zero-order valence-electron chi connectivity index (χ0n) is 18.3. The summed E-state index contributed by atoms with van der Waals surface area (Å²) in [4.78, 5) is 24.4. The molecular formula is C26H29N3O3. The fourth-order valence-electron chi connectivity index (χ4n) is 3.07. The smallest absolute Gasteiger partial charge is 0.243 e. The molecule has 3 aromatic rings. The van der Waals surface area contributed by atoms with Crippen molar-refractivity contribution in [3.05, 3.63) is 84.4 Å². The summed E-state index contributed by atoms with van der Waals surface area (Å²) in [6, 6.07) is 24.5. The Morgan fingerprint density at radius 1 is 0.781 bits per heavy atom. The molecule has 166 valence electrons. The van der Waals surface area contributed by atoms with E-state index in [0.717, 1.165) is 23.4 Å². The number of rotatable bonds is 11. The Kier molecular flexibility index (Phi) is 8.69. The first-order valence-corrected chi connectivity index (χ1v) is 10.8. The highest BCUT2D eigenvalue weighted by Gasteiger charge is 2.06. The van der Waals surface area contributed by atoms with Crippen molar-refractivity contribution in [3.8, 4) is 5.75 Å². The van der Waals surface area contributed by atoms with E-state index in [1.165, 1.54) is 0 Å². The molecule has 0 saturated carbocycles. The van der Waals surface area contributed by atoms with E-state index in [4.69, 9.17) is 4.74 Å². The zero-order chi connectivity index (χ0) is 22.6. The van der Waals surface area contributed by atoms with Crippen molar-refractivity contribution < 1.29 is 14.3 Å². The molecule has 32 heavy (non-hydrogen) atoms. The Morgan fingerprint density at radius 2 is 1.47 bits per heavy atom. The van der Waals surface area contributed by atoms with E-state index in [9.17, 15) is 9.59 Å². The second-order valence-corrected chi connectivity index (χ2v) is 7.39. The molecule has 0 fully saturated rings. The monoisotopic (exact) mass is 431 g/mol. The molecule has 0 radical (unpaired) electrons. The topological polar surface area (TPSA) is 79.5 Å². The lowest BCUT2D eigenvalue weighted by molar-refractivity contribution is -0.116. The zero-order valence-corrected chi connectivity index (χ0v) is 18.3. The van der Waals surface area contributed by atoms with Gasteiger partial charge in [0.25, 0.3) is 0 Å². The molecule has 0 unspecified atom stereocenters. The average Bonchev–Trinajstić information content (AvgIpc) is 2.82. The van der Waals surface area contributed by atoms with E-state index >= 15 is 0 Å². The molecule has 0 aliphatic rings. The van der Waals surface area contributed by atoms with Crippen LogP contribution in [0.1, 0.15) is 25.3 Å². The summed E-state index contributed by atoms with van der Waals surface area (Å²) >= 11 is 0. The van der Waals surface area contributed by atoms with Crippen LogP contribution in [0.3, 0.4) is 0 Å². The molecule has 2 amide bonds. The third-order valence-corrected chi connectivity index (χ3v) is 4.70. The minimum atomic E-state index is -0.162.